The predicted molar refractivity (Wildman–Crippen MR) is 73.9 cm³/mol. The second-order valence-corrected chi connectivity index (χ2v) is 5.53. The number of carbonyl (C=O) groups excluding carboxylic acids is 1. The van der Waals surface area contributed by atoms with Crippen LogP contribution in [-0.2, 0) is 11.2 Å². The van der Waals surface area contributed by atoms with Crippen molar-refractivity contribution < 1.29 is 9.90 Å². The van der Waals surface area contributed by atoms with E-state index >= 15 is 0 Å². The summed E-state index contributed by atoms with van der Waals surface area (Å²) in [7, 11) is 0. The molecule has 1 aromatic carbocycles. The van der Waals surface area contributed by atoms with Gasteiger partial charge in [-0.3, -0.25) is 4.79 Å². The molecule has 2 N–H and O–H groups in total. The van der Waals surface area contributed by atoms with Crippen molar-refractivity contribution in [3.63, 3.8) is 0 Å². The fourth-order valence-corrected chi connectivity index (χ4v) is 3.08. The van der Waals surface area contributed by atoms with Crippen molar-refractivity contribution in [3.05, 3.63) is 29.8 Å². The molecule has 0 aliphatic carbocycles. The topological polar surface area (TPSA) is 52.6 Å². The quantitative estimate of drug-likeness (QED) is 0.841. The van der Waals surface area contributed by atoms with Gasteiger partial charge >= 0.3 is 0 Å². The molecule has 102 valence electrons. The van der Waals surface area contributed by atoms with Gasteiger partial charge in [-0.05, 0) is 30.4 Å². The van der Waals surface area contributed by atoms with E-state index in [0.29, 0.717) is 6.54 Å². The first-order valence-electron chi connectivity index (χ1n) is 7.02. The van der Waals surface area contributed by atoms with Crippen molar-refractivity contribution in [2.45, 2.75) is 25.3 Å². The number of aliphatic hydroxyl groups is 1. The number of likely N-dealkylation sites (tertiary alicyclic amines) is 1. The molecule has 2 aliphatic heterocycles. The van der Waals surface area contributed by atoms with Gasteiger partial charge in [0.2, 0.25) is 5.91 Å². The molecule has 0 spiro atoms. The summed E-state index contributed by atoms with van der Waals surface area (Å²) in [6, 6.07) is 7.96. The normalized spacial score (nSPS) is 25.8. The van der Waals surface area contributed by atoms with Crippen molar-refractivity contribution in [1.82, 2.24) is 4.90 Å². The van der Waals surface area contributed by atoms with Crippen LogP contribution >= 0.6 is 0 Å². The van der Waals surface area contributed by atoms with Gasteiger partial charge in [0.15, 0.2) is 0 Å². The number of fused-ring (bicyclic) bond motifs is 1. The minimum absolute atomic E-state index is 0.130. The summed E-state index contributed by atoms with van der Waals surface area (Å²) >= 11 is 0. The molecule has 2 atom stereocenters. The standard InChI is InChI=1S/C15H20N2O2/c18-10-11-4-3-7-17(9-11)15(19)14-8-12-5-1-2-6-13(12)16-14/h1-2,5-6,11,14,16,18H,3-4,7-10H2/t11-,14-/m0/s1. The van der Waals surface area contributed by atoms with Gasteiger partial charge < -0.3 is 15.3 Å². The lowest BCUT2D eigenvalue weighted by atomic mass is 9.98. The van der Waals surface area contributed by atoms with Gasteiger partial charge in [-0.2, -0.15) is 0 Å². The predicted octanol–water partition coefficient (Wildman–Crippen LogP) is 1.25. The molecular formula is C15H20N2O2. The summed E-state index contributed by atoms with van der Waals surface area (Å²) in [6.07, 6.45) is 2.80. The summed E-state index contributed by atoms with van der Waals surface area (Å²) in [5, 5.41) is 12.6. The van der Waals surface area contributed by atoms with Crippen LogP contribution in [0.1, 0.15) is 18.4 Å². The van der Waals surface area contributed by atoms with Gasteiger partial charge in [-0.1, -0.05) is 18.2 Å². The van der Waals surface area contributed by atoms with Crippen molar-refractivity contribution in [2.24, 2.45) is 5.92 Å². The number of para-hydroxylation sites is 1. The Hall–Kier alpha value is -1.55. The van der Waals surface area contributed by atoms with Crippen LogP contribution in [0.5, 0.6) is 0 Å². The maximum atomic E-state index is 12.5. The highest BCUT2D eigenvalue weighted by Crippen LogP contribution is 2.27. The average Bonchev–Trinajstić information content (AvgIpc) is 2.90. The Morgan fingerprint density at radius 1 is 1.42 bits per heavy atom. The van der Waals surface area contributed by atoms with E-state index in [-0.39, 0.29) is 24.5 Å². The third kappa shape index (κ3) is 2.45. The lowest BCUT2D eigenvalue weighted by molar-refractivity contribution is -0.134. The number of piperidine rings is 1. The lowest BCUT2D eigenvalue weighted by Crippen LogP contribution is -2.47. The molecule has 4 heteroatoms. The Balaban J connectivity index is 1.66. The zero-order chi connectivity index (χ0) is 13.2. The maximum absolute atomic E-state index is 12.5. The monoisotopic (exact) mass is 260 g/mol. The molecule has 4 nitrogen and oxygen atoms in total. The van der Waals surface area contributed by atoms with Crippen molar-refractivity contribution in [1.29, 1.82) is 0 Å². The summed E-state index contributed by atoms with van der Waals surface area (Å²) in [5.41, 5.74) is 2.30. The molecule has 0 bridgehead atoms. The Labute approximate surface area is 113 Å². The van der Waals surface area contributed by atoms with Crippen LogP contribution in [0.15, 0.2) is 24.3 Å². The highest BCUT2D eigenvalue weighted by Gasteiger charge is 2.32. The number of carbonyl (C=O) groups is 1. The summed E-state index contributed by atoms with van der Waals surface area (Å²) < 4.78 is 0. The zero-order valence-electron chi connectivity index (χ0n) is 11.0. The van der Waals surface area contributed by atoms with Gasteiger partial charge in [0.05, 0.1) is 0 Å². The minimum atomic E-state index is -0.130. The van der Waals surface area contributed by atoms with Crippen LogP contribution in [0.3, 0.4) is 0 Å². The molecule has 2 heterocycles. The highest BCUT2D eigenvalue weighted by atomic mass is 16.3. The summed E-state index contributed by atoms with van der Waals surface area (Å²) in [6.45, 7) is 1.70. The largest absolute Gasteiger partial charge is 0.396 e. The minimum Gasteiger partial charge on any atom is -0.396 e. The van der Waals surface area contributed by atoms with Crippen LogP contribution in [0.25, 0.3) is 0 Å². The zero-order valence-corrected chi connectivity index (χ0v) is 11.0. The van der Waals surface area contributed by atoms with Gasteiger partial charge in [-0.25, -0.2) is 0 Å². The van der Waals surface area contributed by atoms with E-state index in [2.05, 4.69) is 11.4 Å². The number of nitrogens with one attached hydrogen (secondary N) is 1. The molecule has 0 aromatic heterocycles. The molecule has 3 rings (SSSR count). The number of amides is 1. The molecule has 19 heavy (non-hydrogen) atoms. The Morgan fingerprint density at radius 3 is 3.05 bits per heavy atom. The fraction of sp³-hybridized carbons (Fsp3) is 0.533. The Morgan fingerprint density at radius 2 is 2.26 bits per heavy atom. The van der Waals surface area contributed by atoms with E-state index in [9.17, 15) is 9.90 Å². The SMILES string of the molecule is O=C([C@@H]1Cc2ccccc2N1)N1CCC[C@H](CO)C1. The number of hydrogen-bond donors (Lipinski definition) is 2. The van der Waals surface area contributed by atoms with Crippen LogP contribution < -0.4 is 5.32 Å². The molecule has 1 aromatic rings. The van der Waals surface area contributed by atoms with Crippen LogP contribution in [0.4, 0.5) is 5.69 Å². The second-order valence-electron chi connectivity index (χ2n) is 5.53. The highest BCUT2D eigenvalue weighted by molar-refractivity contribution is 5.87. The Kier molecular flexibility index (Phi) is 3.42. The number of benzene rings is 1. The molecule has 0 radical (unpaired) electrons. The van der Waals surface area contributed by atoms with Crippen molar-refractivity contribution in [3.8, 4) is 0 Å². The molecule has 1 amide bonds. The lowest BCUT2D eigenvalue weighted by Gasteiger charge is -2.33. The maximum Gasteiger partial charge on any atom is 0.245 e. The molecule has 0 saturated carbocycles. The number of rotatable bonds is 2. The second kappa shape index (κ2) is 5.21. The summed E-state index contributed by atoms with van der Waals surface area (Å²) in [4.78, 5) is 14.4. The molecule has 1 saturated heterocycles. The van der Waals surface area contributed by atoms with Gasteiger partial charge in [-0.15, -0.1) is 0 Å². The summed E-state index contributed by atoms with van der Waals surface area (Å²) in [5.74, 6) is 0.427. The fourth-order valence-electron chi connectivity index (χ4n) is 3.08. The van der Waals surface area contributed by atoms with Gasteiger partial charge in [0.1, 0.15) is 6.04 Å². The smallest absolute Gasteiger partial charge is 0.245 e. The number of nitrogens with zero attached hydrogens (tertiary/aromatic N) is 1. The third-order valence-electron chi connectivity index (χ3n) is 4.16. The van der Waals surface area contributed by atoms with Crippen molar-refractivity contribution >= 4 is 11.6 Å². The number of hydrogen-bond acceptors (Lipinski definition) is 3. The third-order valence-corrected chi connectivity index (χ3v) is 4.16. The molecule has 0 unspecified atom stereocenters. The Bertz CT molecular complexity index is 450. The van der Waals surface area contributed by atoms with E-state index in [1.54, 1.807) is 0 Å². The van der Waals surface area contributed by atoms with E-state index < -0.39 is 0 Å². The van der Waals surface area contributed by atoms with Crippen molar-refractivity contribution in [2.75, 3.05) is 25.0 Å². The van der Waals surface area contributed by atoms with Crippen LogP contribution in [0, 0.1) is 5.92 Å². The molecule has 1 fully saturated rings. The van der Waals surface area contributed by atoms with Crippen LogP contribution in [0.2, 0.25) is 0 Å². The molecule has 2 aliphatic rings. The van der Waals surface area contributed by atoms with Crippen LogP contribution in [-0.4, -0.2) is 41.7 Å². The number of aliphatic hydroxyl groups excluding tert-OH is 1. The first-order valence-corrected chi connectivity index (χ1v) is 7.02. The first kappa shape index (κ1) is 12.5. The first-order chi connectivity index (χ1) is 9.28. The van der Waals surface area contributed by atoms with E-state index in [4.69, 9.17) is 0 Å². The average molecular weight is 260 g/mol. The van der Waals surface area contributed by atoms with E-state index in [1.807, 2.05) is 23.1 Å². The van der Waals surface area contributed by atoms with Gasteiger partial charge in [0, 0.05) is 31.8 Å². The number of anilines is 1. The molecular weight excluding hydrogens is 240 g/mol. The van der Waals surface area contributed by atoms with E-state index in [1.165, 1.54) is 5.56 Å². The van der Waals surface area contributed by atoms with Gasteiger partial charge in [0.25, 0.3) is 0 Å². The van der Waals surface area contributed by atoms with E-state index in [0.717, 1.165) is 31.5 Å².